The van der Waals surface area contributed by atoms with Crippen molar-refractivity contribution in [2.24, 2.45) is 11.8 Å². The largest absolute Gasteiger partial charge is 0.317 e. The maximum atomic E-state index is 3.47. The fraction of sp³-hybridized carbons (Fsp3) is 0.600. The number of hydrogen-bond donors (Lipinski definition) is 1. The van der Waals surface area contributed by atoms with Crippen molar-refractivity contribution in [3.05, 3.63) is 30.3 Å². The van der Waals surface area contributed by atoms with E-state index in [0.717, 1.165) is 24.9 Å². The minimum absolute atomic E-state index is 0.769. The van der Waals surface area contributed by atoms with Gasteiger partial charge in [0.2, 0.25) is 0 Å². The van der Waals surface area contributed by atoms with Gasteiger partial charge in [0.05, 0.1) is 0 Å². The second-order valence-electron chi connectivity index (χ2n) is 4.76. The molecule has 1 aromatic carbocycles. The molecule has 1 unspecified atom stereocenters. The summed E-state index contributed by atoms with van der Waals surface area (Å²) in [6, 6.07) is 10.7. The highest BCUT2D eigenvalue weighted by Crippen LogP contribution is 2.22. The van der Waals surface area contributed by atoms with Crippen molar-refractivity contribution in [3.8, 4) is 0 Å². The van der Waals surface area contributed by atoms with Crippen LogP contribution in [-0.2, 0) is 0 Å². The number of benzene rings is 1. The molecular weight excluding hydrogens is 226 g/mol. The van der Waals surface area contributed by atoms with Crippen LogP contribution in [0.5, 0.6) is 0 Å². The van der Waals surface area contributed by atoms with Gasteiger partial charge in [-0.1, -0.05) is 39.0 Å². The third kappa shape index (κ3) is 6.13. The minimum atomic E-state index is 0.769. The second-order valence-corrected chi connectivity index (χ2v) is 5.93. The summed E-state index contributed by atoms with van der Waals surface area (Å²) >= 11 is 1.97. The van der Waals surface area contributed by atoms with Gasteiger partial charge in [0.1, 0.15) is 0 Å². The lowest BCUT2D eigenvalue weighted by Gasteiger charge is -2.20. The van der Waals surface area contributed by atoms with Crippen molar-refractivity contribution >= 4 is 11.8 Å². The quantitative estimate of drug-likeness (QED) is 0.700. The molecule has 0 bridgehead atoms. The van der Waals surface area contributed by atoms with Gasteiger partial charge in [-0.15, -0.1) is 11.8 Å². The monoisotopic (exact) mass is 251 g/mol. The molecule has 0 aliphatic carbocycles. The van der Waals surface area contributed by atoms with Gasteiger partial charge in [-0.3, -0.25) is 0 Å². The standard InChI is InChI=1S/C15H25NS/c1-4-16-12-14(13(2)3)10-11-17-15-8-6-5-7-9-15/h5-9,13-14,16H,4,10-12H2,1-3H3. The molecule has 1 rings (SSSR count). The molecule has 0 fully saturated rings. The van der Waals surface area contributed by atoms with Crippen LogP contribution in [-0.4, -0.2) is 18.8 Å². The summed E-state index contributed by atoms with van der Waals surface area (Å²) in [5, 5.41) is 3.47. The smallest absolute Gasteiger partial charge is 0.00719 e. The van der Waals surface area contributed by atoms with E-state index < -0.39 is 0 Å². The minimum Gasteiger partial charge on any atom is -0.317 e. The summed E-state index contributed by atoms with van der Waals surface area (Å²) in [5.74, 6) is 2.79. The third-order valence-electron chi connectivity index (χ3n) is 3.10. The summed E-state index contributed by atoms with van der Waals surface area (Å²) in [4.78, 5) is 1.39. The first-order valence-corrected chi connectivity index (χ1v) is 7.61. The van der Waals surface area contributed by atoms with Crippen molar-refractivity contribution in [2.45, 2.75) is 32.1 Å². The van der Waals surface area contributed by atoms with Gasteiger partial charge >= 0.3 is 0 Å². The molecule has 0 radical (unpaired) electrons. The van der Waals surface area contributed by atoms with Crippen molar-refractivity contribution < 1.29 is 0 Å². The van der Waals surface area contributed by atoms with Gasteiger partial charge in [-0.2, -0.15) is 0 Å². The Labute approximate surface area is 110 Å². The predicted molar refractivity (Wildman–Crippen MR) is 78.7 cm³/mol. The Morgan fingerprint density at radius 1 is 1.18 bits per heavy atom. The van der Waals surface area contributed by atoms with E-state index in [1.165, 1.54) is 17.1 Å². The molecule has 0 saturated heterocycles. The molecule has 0 aliphatic rings. The van der Waals surface area contributed by atoms with Crippen molar-refractivity contribution in [2.75, 3.05) is 18.8 Å². The number of nitrogens with one attached hydrogen (secondary N) is 1. The Bertz CT molecular complexity index is 284. The molecule has 1 atom stereocenters. The average Bonchev–Trinajstić information content (AvgIpc) is 2.34. The first kappa shape index (κ1) is 14.6. The normalized spacial score (nSPS) is 12.9. The molecule has 0 spiro atoms. The van der Waals surface area contributed by atoms with E-state index in [9.17, 15) is 0 Å². The Kier molecular flexibility index (Phi) is 7.38. The maximum absolute atomic E-state index is 3.47. The van der Waals surface area contributed by atoms with E-state index in [2.05, 4.69) is 56.4 Å². The highest BCUT2D eigenvalue weighted by Gasteiger charge is 2.12. The third-order valence-corrected chi connectivity index (χ3v) is 4.15. The van der Waals surface area contributed by atoms with E-state index >= 15 is 0 Å². The molecule has 0 aliphatic heterocycles. The molecular formula is C15H25NS. The van der Waals surface area contributed by atoms with Gasteiger partial charge in [0.25, 0.3) is 0 Å². The Balaban J connectivity index is 2.27. The molecule has 0 amide bonds. The van der Waals surface area contributed by atoms with Gasteiger partial charge < -0.3 is 5.32 Å². The maximum Gasteiger partial charge on any atom is 0.00719 e. The molecule has 0 heterocycles. The molecule has 1 N–H and O–H groups in total. The van der Waals surface area contributed by atoms with Crippen LogP contribution >= 0.6 is 11.8 Å². The van der Waals surface area contributed by atoms with Crippen LogP contribution in [0.25, 0.3) is 0 Å². The topological polar surface area (TPSA) is 12.0 Å². The zero-order chi connectivity index (χ0) is 12.5. The van der Waals surface area contributed by atoms with Crippen LogP contribution in [0.2, 0.25) is 0 Å². The van der Waals surface area contributed by atoms with Crippen molar-refractivity contribution in [1.29, 1.82) is 0 Å². The summed E-state index contributed by atoms with van der Waals surface area (Å²) in [6.07, 6.45) is 1.30. The Morgan fingerprint density at radius 2 is 1.88 bits per heavy atom. The number of thioether (sulfide) groups is 1. The zero-order valence-corrected chi connectivity index (χ0v) is 12.1. The lowest BCUT2D eigenvalue weighted by atomic mass is 9.93. The van der Waals surface area contributed by atoms with Gasteiger partial charge in [-0.25, -0.2) is 0 Å². The molecule has 96 valence electrons. The first-order valence-electron chi connectivity index (χ1n) is 6.62. The number of rotatable bonds is 8. The summed E-state index contributed by atoms with van der Waals surface area (Å²) in [6.45, 7) is 9.07. The van der Waals surface area contributed by atoms with Crippen LogP contribution in [0.3, 0.4) is 0 Å². The average molecular weight is 251 g/mol. The lowest BCUT2D eigenvalue weighted by Crippen LogP contribution is -2.26. The van der Waals surface area contributed by atoms with Crippen LogP contribution in [0.15, 0.2) is 35.2 Å². The van der Waals surface area contributed by atoms with Gasteiger partial charge in [0.15, 0.2) is 0 Å². The molecule has 17 heavy (non-hydrogen) atoms. The molecule has 2 heteroatoms. The SMILES string of the molecule is CCNCC(CCSc1ccccc1)C(C)C. The Morgan fingerprint density at radius 3 is 2.47 bits per heavy atom. The summed E-state index contributed by atoms with van der Waals surface area (Å²) in [5.41, 5.74) is 0. The van der Waals surface area contributed by atoms with Crippen LogP contribution in [0.1, 0.15) is 27.2 Å². The van der Waals surface area contributed by atoms with E-state index in [0.29, 0.717) is 0 Å². The number of hydrogen-bond acceptors (Lipinski definition) is 2. The van der Waals surface area contributed by atoms with Crippen LogP contribution in [0.4, 0.5) is 0 Å². The van der Waals surface area contributed by atoms with E-state index in [-0.39, 0.29) is 0 Å². The fourth-order valence-corrected chi connectivity index (χ4v) is 2.85. The molecule has 1 nitrogen and oxygen atoms in total. The van der Waals surface area contributed by atoms with Crippen LogP contribution < -0.4 is 5.32 Å². The highest BCUT2D eigenvalue weighted by molar-refractivity contribution is 7.99. The van der Waals surface area contributed by atoms with E-state index in [4.69, 9.17) is 0 Å². The van der Waals surface area contributed by atoms with E-state index in [1.807, 2.05) is 11.8 Å². The van der Waals surface area contributed by atoms with Crippen molar-refractivity contribution in [3.63, 3.8) is 0 Å². The van der Waals surface area contributed by atoms with Crippen molar-refractivity contribution in [1.82, 2.24) is 5.32 Å². The van der Waals surface area contributed by atoms with Gasteiger partial charge in [-0.05, 0) is 49.2 Å². The fourth-order valence-electron chi connectivity index (χ4n) is 1.85. The molecule has 0 saturated carbocycles. The zero-order valence-electron chi connectivity index (χ0n) is 11.3. The van der Waals surface area contributed by atoms with Gasteiger partial charge in [0, 0.05) is 4.90 Å². The molecule has 1 aromatic rings. The first-order chi connectivity index (χ1) is 8.24. The predicted octanol–water partition coefficient (Wildman–Crippen LogP) is 4.05. The van der Waals surface area contributed by atoms with Crippen LogP contribution in [0, 0.1) is 11.8 Å². The second kappa shape index (κ2) is 8.60. The Hall–Kier alpha value is -0.470. The van der Waals surface area contributed by atoms with E-state index in [1.54, 1.807) is 0 Å². The summed E-state index contributed by atoms with van der Waals surface area (Å²) in [7, 11) is 0. The molecule has 0 aromatic heterocycles. The summed E-state index contributed by atoms with van der Waals surface area (Å²) < 4.78 is 0. The lowest BCUT2D eigenvalue weighted by molar-refractivity contribution is 0.358. The highest BCUT2D eigenvalue weighted by atomic mass is 32.2.